The molecule has 1 amide bonds. The van der Waals surface area contributed by atoms with Gasteiger partial charge in [-0.3, -0.25) is 4.79 Å². The van der Waals surface area contributed by atoms with Gasteiger partial charge in [-0.2, -0.15) is 0 Å². The van der Waals surface area contributed by atoms with Crippen LogP contribution in [0.25, 0.3) is 0 Å². The first-order chi connectivity index (χ1) is 7.54. The Morgan fingerprint density at radius 2 is 2.00 bits per heavy atom. The molecule has 4 nitrogen and oxygen atoms in total. The van der Waals surface area contributed by atoms with Crippen molar-refractivity contribution in [2.75, 3.05) is 7.11 Å². The van der Waals surface area contributed by atoms with Crippen LogP contribution >= 0.6 is 12.2 Å². The first kappa shape index (κ1) is 12.4. The van der Waals surface area contributed by atoms with Crippen LogP contribution in [0.4, 0.5) is 0 Å². The molecule has 1 aromatic rings. The average molecular weight is 238 g/mol. The van der Waals surface area contributed by atoms with E-state index in [-0.39, 0.29) is 10.9 Å². The molecule has 1 aromatic carbocycles. The van der Waals surface area contributed by atoms with Crippen molar-refractivity contribution in [1.82, 2.24) is 5.32 Å². The minimum Gasteiger partial charge on any atom is -0.497 e. The number of nitrogens with one attached hydrogen (secondary N) is 1. The normalized spacial score (nSPS) is 11.6. The molecule has 0 spiro atoms. The van der Waals surface area contributed by atoms with Gasteiger partial charge in [0.15, 0.2) is 0 Å². The smallest absolute Gasteiger partial charge is 0.217 e. The minimum atomic E-state index is -0.432. The summed E-state index contributed by atoms with van der Waals surface area (Å²) in [6.45, 7) is 1.43. The van der Waals surface area contributed by atoms with E-state index in [2.05, 4.69) is 5.32 Å². The van der Waals surface area contributed by atoms with Gasteiger partial charge < -0.3 is 15.8 Å². The summed E-state index contributed by atoms with van der Waals surface area (Å²) < 4.78 is 5.04. The van der Waals surface area contributed by atoms with Crippen LogP contribution in [0, 0.1) is 0 Å². The quantitative estimate of drug-likeness (QED) is 0.773. The van der Waals surface area contributed by atoms with Crippen LogP contribution in [0.15, 0.2) is 24.3 Å². The number of amides is 1. The molecule has 86 valence electrons. The number of benzene rings is 1. The largest absolute Gasteiger partial charge is 0.497 e. The first-order valence-electron chi connectivity index (χ1n) is 4.75. The maximum absolute atomic E-state index is 11.0. The van der Waals surface area contributed by atoms with Crippen LogP contribution in [0.3, 0.4) is 0 Å². The molecule has 0 aromatic heterocycles. The Balaban J connectivity index is 2.92. The van der Waals surface area contributed by atoms with E-state index >= 15 is 0 Å². The Hall–Kier alpha value is -1.62. The second-order valence-corrected chi connectivity index (χ2v) is 3.78. The maximum atomic E-state index is 11.0. The summed E-state index contributed by atoms with van der Waals surface area (Å²) in [6.07, 6.45) is 0. The van der Waals surface area contributed by atoms with Crippen molar-refractivity contribution in [2.45, 2.75) is 13.0 Å². The second kappa shape index (κ2) is 5.46. The van der Waals surface area contributed by atoms with Crippen LogP contribution < -0.4 is 15.8 Å². The third-order valence-corrected chi connectivity index (χ3v) is 2.32. The lowest BCUT2D eigenvalue weighted by Gasteiger charge is -2.16. The standard InChI is InChI=1S/C11H14N2O2S/c1-7(14)13-10(11(12)16)8-3-5-9(15-2)6-4-8/h3-6,10H,1-2H3,(H2,12,16)(H,13,14). The fourth-order valence-electron chi connectivity index (χ4n) is 1.32. The molecule has 5 heteroatoms. The zero-order chi connectivity index (χ0) is 12.1. The number of nitrogens with two attached hydrogens (primary N) is 1. The van der Waals surface area contributed by atoms with Gasteiger partial charge in [0.05, 0.1) is 7.11 Å². The molecule has 0 saturated heterocycles. The van der Waals surface area contributed by atoms with E-state index in [1.807, 2.05) is 12.1 Å². The van der Waals surface area contributed by atoms with Crippen molar-refractivity contribution in [3.05, 3.63) is 29.8 Å². The number of carbonyl (C=O) groups excluding carboxylic acids is 1. The molecule has 0 aliphatic heterocycles. The lowest BCUT2D eigenvalue weighted by molar-refractivity contribution is -0.119. The maximum Gasteiger partial charge on any atom is 0.217 e. The summed E-state index contributed by atoms with van der Waals surface area (Å²) in [5.41, 5.74) is 6.41. The predicted octanol–water partition coefficient (Wildman–Crippen LogP) is 1.16. The highest BCUT2D eigenvalue weighted by molar-refractivity contribution is 7.80. The van der Waals surface area contributed by atoms with E-state index < -0.39 is 6.04 Å². The molecule has 0 saturated carbocycles. The van der Waals surface area contributed by atoms with Crippen molar-refractivity contribution in [2.24, 2.45) is 5.73 Å². The number of hydrogen-bond donors (Lipinski definition) is 2. The molecule has 1 rings (SSSR count). The summed E-state index contributed by atoms with van der Waals surface area (Å²) in [7, 11) is 1.59. The molecule has 16 heavy (non-hydrogen) atoms. The number of rotatable bonds is 4. The molecule has 0 aliphatic carbocycles. The fraction of sp³-hybridized carbons (Fsp3) is 0.273. The predicted molar refractivity (Wildman–Crippen MR) is 66.3 cm³/mol. The summed E-state index contributed by atoms with van der Waals surface area (Å²) >= 11 is 4.91. The highest BCUT2D eigenvalue weighted by Crippen LogP contribution is 2.17. The Morgan fingerprint density at radius 3 is 2.38 bits per heavy atom. The molecular formula is C11H14N2O2S. The first-order valence-corrected chi connectivity index (χ1v) is 5.15. The summed E-state index contributed by atoms with van der Waals surface area (Å²) in [6, 6.07) is 6.79. The SMILES string of the molecule is COc1ccc(C(NC(C)=O)C(N)=S)cc1. The van der Waals surface area contributed by atoms with Gasteiger partial charge in [0, 0.05) is 6.92 Å². The molecule has 0 heterocycles. The number of ether oxygens (including phenoxy) is 1. The van der Waals surface area contributed by atoms with E-state index in [1.54, 1.807) is 19.2 Å². The molecule has 0 radical (unpaired) electrons. The Morgan fingerprint density at radius 1 is 1.44 bits per heavy atom. The fourth-order valence-corrected chi connectivity index (χ4v) is 1.51. The van der Waals surface area contributed by atoms with Gasteiger partial charge in [-0.05, 0) is 17.7 Å². The van der Waals surface area contributed by atoms with Gasteiger partial charge in [-0.1, -0.05) is 24.4 Å². The molecule has 0 fully saturated rings. The van der Waals surface area contributed by atoms with Crippen molar-refractivity contribution < 1.29 is 9.53 Å². The summed E-state index contributed by atoms with van der Waals surface area (Å²) in [5, 5.41) is 2.69. The number of thiocarbonyl (C=S) groups is 1. The van der Waals surface area contributed by atoms with E-state index in [1.165, 1.54) is 6.92 Å². The van der Waals surface area contributed by atoms with Gasteiger partial charge in [-0.25, -0.2) is 0 Å². The van der Waals surface area contributed by atoms with Crippen LogP contribution in [-0.2, 0) is 4.79 Å². The lowest BCUT2D eigenvalue weighted by atomic mass is 10.1. The van der Waals surface area contributed by atoms with Gasteiger partial charge in [-0.15, -0.1) is 0 Å². The lowest BCUT2D eigenvalue weighted by Crippen LogP contribution is -2.35. The highest BCUT2D eigenvalue weighted by atomic mass is 32.1. The average Bonchev–Trinajstić information content (AvgIpc) is 2.25. The van der Waals surface area contributed by atoms with Crippen LogP contribution in [-0.4, -0.2) is 18.0 Å². The third kappa shape index (κ3) is 3.20. The van der Waals surface area contributed by atoms with Crippen molar-refractivity contribution in [3.63, 3.8) is 0 Å². The van der Waals surface area contributed by atoms with Crippen LogP contribution in [0.2, 0.25) is 0 Å². The third-order valence-electron chi connectivity index (χ3n) is 2.08. The molecule has 1 atom stereocenters. The molecule has 3 N–H and O–H groups in total. The van der Waals surface area contributed by atoms with Crippen LogP contribution in [0.5, 0.6) is 5.75 Å². The van der Waals surface area contributed by atoms with Gasteiger partial charge in [0.1, 0.15) is 16.8 Å². The van der Waals surface area contributed by atoms with Gasteiger partial charge in [0.25, 0.3) is 0 Å². The zero-order valence-corrected chi connectivity index (χ0v) is 10.0. The summed E-state index contributed by atoms with van der Waals surface area (Å²) in [5.74, 6) is 0.571. The van der Waals surface area contributed by atoms with Crippen molar-refractivity contribution in [1.29, 1.82) is 0 Å². The molecule has 0 aliphatic rings. The van der Waals surface area contributed by atoms with Gasteiger partial charge >= 0.3 is 0 Å². The molecule has 1 unspecified atom stereocenters. The Kier molecular flexibility index (Phi) is 4.25. The monoisotopic (exact) mass is 238 g/mol. The van der Waals surface area contributed by atoms with Gasteiger partial charge in [0.2, 0.25) is 5.91 Å². The molecular weight excluding hydrogens is 224 g/mol. The van der Waals surface area contributed by atoms with E-state index in [0.29, 0.717) is 0 Å². The minimum absolute atomic E-state index is 0.173. The topological polar surface area (TPSA) is 64.3 Å². The summed E-state index contributed by atoms with van der Waals surface area (Å²) in [4.78, 5) is 11.2. The van der Waals surface area contributed by atoms with E-state index in [0.717, 1.165) is 11.3 Å². The number of hydrogen-bond acceptors (Lipinski definition) is 3. The molecule has 0 bridgehead atoms. The zero-order valence-electron chi connectivity index (χ0n) is 9.19. The number of methoxy groups -OCH3 is 1. The van der Waals surface area contributed by atoms with Crippen molar-refractivity contribution in [3.8, 4) is 5.75 Å². The Labute approximate surface area is 99.8 Å². The highest BCUT2D eigenvalue weighted by Gasteiger charge is 2.15. The van der Waals surface area contributed by atoms with Crippen LogP contribution in [0.1, 0.15) is 18.5 Å². The second-order valence-electron chi connectivity index (χ2n) is 3.31. The Bertz CT molecular complexity index is 389. The number of carbonyl (C=O) groups is 1. The van der Waals surface area contributed by atoms with E-state index in [4.69, 9.17) is 22.7 Å². The van der Waals surface area contributed by atoms with Crippen molar-refractivity contribution >= 4 is 23.1 Å². The van der Waals surface area contributed by atoms with E-state index in [9.17, 15) is 4.79 Å².